The minimum absolute atomic E-state index is 0.0417. The van der Waals surface area contributed by atoms with Crippen molar-refractivity contribution in [3.8, 4) is 0 Å². The van der Waals surface area contributed by atoms with Crippen LogP contribution >= 0.6 is 0 Å². The highest BCUT2D eigenvalue weighted by Gasteiger charge is 2.22. The fraction of sp³-hybridized carbons (Fsp3) is 0. The average Bonchev–Trinajstić information content (AvgIpc) is 2.01. The van der Waals surface area contributed by atoms with Crippen molar-refractivity contribution >= 4 is 33.7 Å². The summed E-state index contributed by atoms with van der Waals surface area (Å²) in [5, 5.41) is 0. The Bertz CT molecular complexity index is 262. The van der Waals surface area contributed by atoms with Crippen LogP contribution in [0.1, 0.15) is 0 Å². The second kappa shape index (κ2) is 7.43. The molecule has 0 atom stereocenters. The van der Waals surface area contributed by atoms with E-state index in [4.69, 9.17) is 41.2 Å². The number of carbonyl (C=O) groups excluding carboxylic acids is 1. The third-order valence-electron chi connectivity index (χ3n) is 0.687. The van der Waals surface area contributed by atoms with Crippen LogP contribution in [0.2, 0.25) is 0 Å². The van der Waals surface area contributed by atoms with Gasteiger partial charge >= 0.3 is 9.05 Å². The largest absolute Gasteiger partial charge is 0.668 e. The first-order valence-electron chi connectivity index (χ1n) is 3.39. The van der Waals surface area contributed by atoms with Crippen molar-refractivity contribution in [2.75, 3.05) is 17.2 Å². The molecule has 0 fully saturated rings. The van der Waals surface area contributed by atoms with E-state index in [1.165, 1.54) is 0 Å². The summed E-state index contributed by atoms with van der Waals surface area (Å²) in [7, 11) is -4.61. The Hall–Kier alpha value is -1.86. The SMILES string of the molecule is C=O.Nc1nc(N)nc(N)n1.O[Si](O)(O)O. The minimum atomic E-state index is -4.61. The van der Waals surface area contributed by atoms with Crippen molar-refractivity contribution < 1.29 is 24.0 Å². The minimum Gasteiger partial charge on any atom is -0.368 e. The van der Waals surface area contributed by atoms with Crippen LogP contribution in [-0.4, -0.2) is 50.0 Å². The number of hydrogen-bond acceptors (Lipinski definition) is 11. The first kappa shape index (κ1) is 16.6. The Morgan fingerprint density at radius 1 is 0.812 bits per heavy atom. The highest BCUT2D eigenvalue weighted by Crippen LogP contribution is 1.97. The number of anilines is 3. The van der Waals surface area contributed by atoms with Crippen molar-refractivity contribution in [1.82, 2.24) is 15.0 Å². The lowest BCUT2D eigenvalue weighted by molar-refractivity contribution is -0.0980. The maximum absolute atomic E-state index is 8.00. The molecule has 1 aromatic rings. The van der Waals surface area contributed by atoms with Gasteiger partial charge in [-0.05, 0) is 0 Å². The number of carbonyl (C=O) groups is 1. The molecule has 16 heavy (non-hydrogen) atoms. The molecule has 0 spiro atoms. The van der Waals surface area contributed by atoms with E-state index in [9.17, 15) is 0 Å². The van der Waals surface area contributed by atoms with E-state index < -0.39 is 9.05 Å². The zero-order valence-corrected chi connectivity index (χ0v) is 8.98. The topological polar surface area (TPSA) is 215 Å². The Morgan fingerprint density at radius 3 is 1.06 bits per heavy atom. The zero-order valence-electron chi connectivity index (χ0n) is 7.98. The summed E-state index contributed by atoms with van der Waals surface area (Å²) < 4.78 is 0. The Balaban J connectivity index is 0. The standard InChI is InChI=1S/C3H6N6.CH2O.H4O4Si/c4-1-7-2(5)9-3(6)8-1;1-2;1-5(2,3)4/h(H6,4,5,6,7,8,9);1H2;1-4H. The third-order valence-corrected chi connectivity index (χ3v) is 0.687. The number of nitrogen functional groups attached to an aromatic ring is 3. The van der Waals surface area contributed by atoms with Gasteiger partial charge in [0, 0.05) is 0 Å². The molecule has 0 saturated heterocycles. The second-order valence-corrected chi connectivity index (χ2v) is 3.21. The van der Waals surface area contributed by atoms with Gasteiger partial charge in [0.25, 0.3) is 0 Å². The van der Waals surface area contributed by atoms with Crippen LogP contribution in [0.15, 0.2) is 0 Å². The molecule has 92 valence electrons. The summed E-state index contributed by atoms with van der Waals surface area (Å²) in [6.45, 7) is 2.00. The van der Waals surface area contributed by atoms with Gasteiger partial charge in [-0.2, -0.15) is 15.0 Å². The number of aromatic nitrogens is 3. The molecule has 0 aliphatic carbocycles. The summed E-state index contributed by atoms with van der Waals surface area (Å²) in [5.41, 5.74) is 15.4. The van der Waals surface area contributed by atoms with Crippen LogP contribution in [0, 0.1) is 0 Å². The molecule has 0 radical (unpaired) electrons. The first-order valence-corrected chi connectivity index (χ1v) is 5.18. The van der Waals surface area contributed by atoms with Crippen LogP contribution in [-0.2, 0) is 4.79 Å². The molecular formula is C4H12N6O5Si. The summed E-state index contributed by atoms with van der Waals surface area (Å²) in [6.07, 6.45) is 0. The monoisotopic (exact) mass is 252 g/mol. The molecule has 0 aliphatic heterocycles. The molecule has 1 rings (SSSR count). The van der Waals surface area contributed by atoms with Gasteiger partial charge in [0.05, 0.1) is 0 Å². The van der Waals surface area contributed by atoms with Crippen molar-refractivity contribution in [3.05, 3.63) is 0 Å². The fourth-order valence-electron chi connectivity index (χ4n) is 0.427. The lowest BCUT2D eigenvalue weighted by Gasteiger charge is -1.93. The lowest BCUT2D eigenvalue weighted by atomic mass is 10.9. The average molecular weight is 252 g/mol. The number of nitrogens with two attached hydrogens (primary N) is 3. The van der Waals surface area contributed by atoms with Gasteiger partial charge in [-0.25, -0.2) is 0 Å². The number of hydrogen-bond donors (Lipinski definition) is 7. The van der Waals surface area contributed by atoms with E-state index in [1.807, 2.05) is 6.79 Å². The molecule has 10 N–H and O–H groups in total. The second-order valence-electron chi connectivity index (χ2n) is 2.01. The molecular weight excluding hydrogens is 240 g/mol. The normalized spacial score (nSPS) is 9.25. The molecule has 12 heteroatoms. The predicted octanol–water partition coefficient (Wildman–Crippen LogP) is -4.18. The van der Waals surface area contributed by atoms with E-state index in [0.29, 0.717) is 0 Å². The fourth-order valence-corrected chi connectivity index (χ4v) is 0.427. The molecule has 0 unspecified atom stereocenters. The molecule has 1 aromatic heterocycles. The molecule has 0 aromatic carbocycles. The molecule has 0 saturated carbocycles. The summed E-state index contributed by atoms with van der Waals surface area (Å²) in [5.74, 6) is 0.125. The van der Waals surface area contributed by atoms with Crippen molar-refractivity contribution in [2.45, 2.75) is 0 Å². The van der Waals surface area contributed by atoms with Crippen molar-refractivity contribution in [1.29, 1.82) is 0 Å². The Labute approximate surface area is 90.7 Å². The van der Waals surface area contributed by atoms with Crippen LogP contribution in [0.4, 0.5) is 17.8 Å². The van der Waals surface area contributed by atoms with E-state index in [0.717, 1.165) is 0 Å². The van der Waals surface area contributed by atoms with E-state index in [-0.39, 0.29) is 17.8 Å². The smallest absolute Gasteiger partial charge is 0.368 e. The highest BCUT2D eigenvalue weighted by molar-refractivity contribution is 6.46. The van der Waals surface area contributed by atoms with E-state index in [1.54, 1.807) is 0 Å². The highest BCUT2D eigenvalue weighted by atomic mass is 28.4. The summed E-state index contributed by atoms with van der Waals surface area (Å²) >= 11 is 0. The molecule has 0 amide bonds. The van der Waals surface area contributed by atoms with Gasteiger partial charge < -0.3 is 41.2 Å². The molecule has 0 bridgehead atoms. The maximum atomic E-state index is 8.00. The quantitative estimate of drug-likeness (QED) is 0.220. The number of rotatable bonds is 0. The van der Waals surface area contributed by atoms with Crippen LogP contribution in [0.5, 0.6) is 0 Å². The van der Waals surface area contributed by atoms with Crippen molar-refractivity contribution in [3.63, 3.8) is 0 Å². The molecule has 0 aliphatic rings. The molecule has 1 heterocycles. The van der Waals surface area contributed by atoms with E-state index >= 15 is 0 Å². The third kappa shape index (κ3) is 14.6. The van der Waals surface area contributed by atoms with Crippen LogP contribution in [0.25, 0.3) is 0 Å². The van der Waals surface area contributed by atoms with Gasteiger partial charge in [-0.3, -0.25) is 0 Å². The van der Waals surface area contributed by atoms with Gasteiger partial charge in [0.2, 0.25) is 17.8 Å². The lowest BCUT2D eigenvalue weighted by Crippen LogP contribution is -2.33. The maximum Gasteiger partial charge on any atom is 0.668 e. The van der Waals surface area contributed by atoms with Gasteiger partial charge in [0.1, 0.15) is 6.79 Å². The Morgan fingerprint density at radius 2 is 0.938 bits per heavy atom. The first-order chi connectivity index (χ1) is 7.18. The van der Waals surface area contributed by atoms with Gasteiger partial charge in [-0.1, -0.05) is 0 Å². The molecule has 11 nitrogen and oxygen atoms in total. The van der Waals surface area contributed by atoms with E-state index in [2.05, 4.69) is 15.0 Å². The van der Waals surface area contributed by atoms with Gasteiger partial charge in [-0.15, -0.1) is 0 Å². The van der Waals surface area contributed by atoms with Crippen LogP contribution in [0.3, 0.4) is 0 Å². The van der Waals surface area contributed by atoms with Gasteiger partial charge in [0.15, 0.2) is 0 Å². The Kier molecular flexibility index (Phi) is 7.69. The van der Waals surface area contributed by atoms with Crippen LogP contribution < -0.4 is 17.2 Å². The summed E-state index contributed by atoms with van der Waals surface area (Å²) in [6, 6.07) is 0. The zero-order chi connectivity index (χ0) is 13.4. The summed E-state index contributed by atoms with van der Waals surface area (Å²) in [4.78, 5) is 47.8. The predicted molar refractivity (Wildman–Crippen MR) is 54.8 cm³/mol. The number of nitrogens with zero attached hydrogens (tertiary/aromatic N) is 3. The van der Waals surface area contributed by atoms with Crippen molar-refractivity contribution in [2.24, 2.45) is 0 Å².